The highest BCUT2D eigenvalue weighted by Crippen LogP contribution is 2.34. The van der Waals surface area contributed by atoms with Gasteiger partial charge in [-0.3, -0.25) is 5.32 Å². The molecule has 2 aliphatic heterocycles. The number of halogens is 1. The summed E-state index contributed by atoms with van der Waals surface area (Å²) in [6.45, 7) is 6.48. The number of nitrogens with one attached hydrogen (secondary N) is 1. The van der Waals surface area contributed by atoms with Crippen LogP contribution >= 0.6 is 0 Å². The Labute approximate surface area is 194 Å². The highest BCUT2D eigenvalue weighted by Gasteiger charge is 2.17. The molecule has 0 aliphatic carbocycles. The van der Waals surface area contributed by atoms with Crippen molar-refractivity contribution >= 4 is 23.3 Å². The monoisotopic (exact) mass is 518 g/mol. The van der Waals surface area contributed by atoms with Gasteiger partial charge in [-0.2, -0.15) is 5.10 Å². The first kappa shape index (κ1) is 22.3. The number of hydrogen-bond acceptors (Lipinski definition) is 5. The molecule has 7 heteroatoms. The number of rotatable bonds is 5. The highest BCUT2D eigenvalue weighted by atomic mass is 127. The third-order valence-corrected chi connectivity index (χ3v) is 4.89. The summed E-state index contributed by atoms with van der Waals surface area (Å²) in [5.74, 6) is 2.64. The molecule has 0 saturated carbocycles. The zero-order valence-corrected chi connectivity index (χ0v) is 19.4. The van der Waals surface area contributed by atoms with E-state index >= 15 is 0 Å². The number of nitrogens with zero attached hydrogens (tertiary/aromatic N) is 2. The van der Waals surface area contributed by atoms with Crippen molar-refractivity contribution < 1.29 is 38.8 Å². The second-order valence-corrected chi connectivity index (χ2v) is 7.41. The van der Waals surface area contributed by atoms with Gasteiger partial charge in [0, 0.05) is 12.0 Å². The maximum Gasteiger partial charge on any atom is 0.314 e. The summed E-state index contributed by atoms with van der Waals surface area (Å²) in [6, 6.07) is 16.4. The van der Waals surface area contributed by atoms with Gasteiger partial charge in [0.25, 0.3) is 0 Å². The van der Waals surface area contributed by atoms with Crippen LogP contribution in [0, 0.1) is 5.92 Å². The first-order valence-corrected chi connectivity index (χ1v) is 10.1. The van der Waals surface area contributed by atoms with Crippen LogP contribution in [0.5, 0.6) is 11.5 Å². The average molecular weight is 518 g/mol. The van der Waals surface area contributed by atoms with Crippen molar-refractivity contribution in [1.82, 2.24) is 5.43 Å². The number of nitrogens with two attached hydrogens (primary N) is 1. The zero-order chi connectivity index (χ0) is 20.1. The lowest BCUT2D eigenvalue weighted by atomic mass is 9.92. The van der Waals surface area contributed by atoms with Crippen molar-refractivity contribution in [3.05, 3.63) is 59.7 Å². The van der Waals surface area contributed by atoms with E-state index in [0.717, 1.165) is 59.4 Å². The van der Waals surface area contributed by atoms with Crippen molar-refractivity contribution in [3.8, 4) is 11.5 Å². The van der Waals surface area contributed by atoms with E-state index in [2.05, 4.69) is 47.8 Å². The van der Waals surface area contributed by atoms with Gasteiger partial charge < -0.3 is 33.5 Å². The number of guanidine groups is 1. The molecule has 0 bridgehead atoms. The Morgan fingerprint density at radius 2 is 1.93 bits per heavy atom. The Bertz CT molecular complexity index is 955. The van der Waals surface area contributed by atoms with Gasteiger partial charge in [-0.15, -0.1) is 0 Å². The van der Waals surface area contributed by atoms with Gasteiger partial charge in [0.15, 0.2) is 11.5 Å². The van der Waals surface area contributed by atoms with Gasteiger partial charge in [0.1, 0.15) is 0 Å². The molecule has 0 amide bonds. The topological polar surface area (TPSA) is 71.8 Å². The SMILES string of the molecule is CC(C)C(=N\NC1=NCCC[NH2+]1)/C(=C\c1ccc2c(c1)OCO2)c1ccccc1.[I-]. The Balaban J connectivity index is 0.00000256. The zero-order valence-electron chi connectivity index (χ0n) is 17.3. The van der Waals surface area contributed by atoms with Crippen molar-refractivity contribution in [2.75, 3.05) is 19.9 Å². The van der Waals surface area contributed by atoms with E-state index < -0.39 is 0 Å². The number of quaternary nitrogens is 1. The lowest BCUT2D eigenvalue weighted by Crippen LogP contribution is -3.00. The molecule has 0 radical (unpaired) electrons. The largest absolute Gasteiger partial charge is 1.00 e. The number of allylic oxidation sites excluding steroid dienone is 1. The predicted octanol–water partition coefficient (Wildman–Crippen LogP) is -0.115. The van der Waals surface area contributed by atoms with Gasteiger partial charge in [-0.05, 0) is 35.3 Å². The number of hydrogen-bond donors (Lipinski definition) is 2. The molecule has 0 saturated heterocycles. The number of fused-ring (bicyclic) bond motifs is 1. The molecule has 0 fully saturated rings. The van der Waals surface area contributed by atoms with Crippen LogP contribution in [-0.2, 0) is 0 Å². The molecule has 0 unspecified atom stereocenters. The van der Waals surface area contributed by atoms with Gasteiger partial charge in [-0.25, -0.2) is 10.4 Å². The van der Waals surface area contributed by atoms with Crippen LogP contribution < -0.4 is 44.2 Å². The molecule has 4 rings (SSSR count). The summed E-state index contributed by atoms with van der Waals surface area (Å²) in [6.07, 6.45) is 3.26. The smallest absolute Gasteiger partial charge is 0.314 e. The van der Waals surface area contributed by atoms with E-state index in [0.29, 0.717) is 0 Å². The molecule has 0 atom stereocenters. The first-order valence-electron chi connectivity index (χ1n) is 10.1. The molecule has 0 aromatic heterocycles. The molecule has 158 valence electrons. The van der Waals surface area contributed by atoms with Gasteiger partial charge >= 0.3 is 5.96 Å². The Morgan fingerprint density at radius 1 is 1.13 bits per heavy atom. The Kier molecular flexibility index (Phi) is 7.87. The summed E-state index contributed by atoms with van der Waals surface area (Å²) in [5.41, 5.74) is 7.40. The van der Waals surface area contributed by atoms with E-state index in [1.165, 1.54) is 0 Å². The standard InChI is InChI=1S/C23H26N4O2.HI/c1-16(2)22(26-27-23-24-11-6-12-25-23)19(18-7-4-3-5-8-18)13-17-9-10-20-21(14-17)29-15-28-20;/h3-5,7-10,13-14,16H,6,11-12,15H2,1-2H3,(H2,24,25,27);1H/b19-13-,26-22+;. The van der Waals surface area contributed by atoms with Crippen LogP contribution in [0.2, 0.25) is 0 Å². The number of ether oxygens (including phenoxy) is 2. The normalized spacial score (nSPS) is 16.2. The van der Waals surface area contributed by atoms with Gasteiger partial charge in [0.2, 0.25) is 6.79 Å². The molecular formula is C23H27IN4O2. The quantitative estimate of drug-likeness (QED) is 0.251. The maximum atomic E-state index is 5.55. The molecule has 2 aliphatic rings. The number of aliphatic imine (C=N–C) groups is 1. The number of hydrazone groups is 1. The van der Waals surface area contributed by atoms with E-state index in [9.17, 15) is 0 Å². The Hall–Kier alpha value is -2.39. The van der Waals surface area contributed by atoms with Crippen LogP contribution in [0.15, 0.2) is 58.6 Å². The minimum atomic E-state index is 0. The summed E-state index contributed by atoms with van der Waals surface area (Å²) < 4.78 is 11.0. The lowest BCUT2D eigenvalue weighted by Gasteiger charge is -2.16. The molecule has 2 aromatic rings. The first-order chi connectivity index (χ1) is 14.2. The fraction of sp³-hybridized carbons (Fsp3) is 0.304. The third-order valence-electron chi connectivity index (χ3n) is 4.89. The van der Waals surface area contributed by atoms with Gasteiger partial charge in [-0.1, -0.05) is 50.2 Å². The van der Waals surface area contributed by atoms with E-state index in [1.54, 1.807) is 0 Å². The minimum Gasteiger partial charge on any atom is -1.00 e. The molecule has 3 N–H and O–H groups in total. The van der Waals surface area contributed by atoms with Crippen LogP contribution in [0.3, 0.4) is 0 Å². The number of benzene rings is 2. The maximum absolute atomic E-state index is 5.55. The van der Waals surface area contributed by atoms with Crippen molar-refractivity contribution in [3.63, 3.8) is 0 Å². The van der Waals surface area contributed by atoms with Crippen molar-refractivity contribution in [2.45, 2.75) is 20.3 Å². The van der Waals surface area contributed by atoms with Crippen molar-refractivity contribution in [2.24, 2.45) is 16.0 Å². The van der Waals surface area contributed by atoms with Crippen LogP contribution in [0.1, 0.15) is 31.4 Å². The fourth-order valence-corrected chi connectivity index (χ4v) is 3.39. The molecule has 6 nitrogen and oxygen atoms in total. The molecular weight excluding hydrogens is 491 g/mol. The third kappa shape index (κ3) is 5.40. The van der Waals surface area contributed by atoms with E-state index in [-0.39, 0.29) is 36.7 Å². The molecule has 2 aromatic carbocycles. The summed E-state index contributed by atoms with van der Waals surface area (Å²) >= 11 is 0. The summed E-state index contributed by atoms with van der Waals surface area (Å²) in [4.78, 5) is 4.51. The summed E-state index contributed by atoms with van der Waals surface area (Å²) in [7, 11) is 0. The second kappa shape index (κ2) is 10.6. The molecule has 2 heterocycles. The van der Waals surface area contributed by atoms with Gasteiger partial charge in [0.05, 0.1) is 18.8 Å². The lowest BCUT2D eigenvalue weighted by molar-refractivity contribution is -0.547. The second-order valence-electron chi connectivity index (χ2n) is 7.41. The molecule has 0 spiro atoms. The minimum absolute atomic E-state index is 0. The van der Waals surface area contributed by atoms with Crippen LogP contribution in [0.25, 0.3) is 11.6 Å². The van der Waals surface area contributed by atoms with Crippen LogP contribution in [0.4, 0.5) is 0 Å². The van der Waals surface area contributed by atoms with E-state index in [4.69, 9.17) is 14.6 Å². The highest BCUT2D eigenvalue weighted by molar-refractivity contribution is 6.28. The molecule has 30 heavy (non-hydrogen) atoms. The average Bonchev–Trinajstić information content (AvgIpc) is 3.22. The predicted molar refractivity (Wildman–Crippen MR) is 116 cm³/mol. The van der Waals surface area contributed by atoms with Crippen LogP contribution in [-0.4, -0.2) is 31.6 Å². The summed E-state index contributed by atoms with van der Waals surface area (Å²) in [5, 5.41) is 6.88. The van der Waals surface area contributed by atoms with E-state index in [1.807, 2.05) is 36.4 Å². The van der Waals surface area contributed by atoms with Crippen molar-refractivity contribution in [1.29, 1.82) is 0 Å². The fourth-order valence-electron chi connectivity index (χ4n) is 3.39. The Morgan fingerprint density at radius 3 is 2.67 bits per heavy atom.